The van der Waals surface area contributed by atoms with Crippen LogP contribution in [-0.4, -0.2) is 36.3 Å². The molecule has 0 bridgehead atoms. The second-order valence-corrected chi connectivity index (χ2v) is 12.1. The predicted molar refractivity (Wildman–Crippen MR) is 174 cm³/mol. The van der Waals surface area contributed by atoms with E-state index in [9.17, 15) is 19.5 Å². The van der Waals surface area contributed by atoms with Crippen LogP contribution in [-0.2, 0) is 31.9 Å². The number of aryl methyl sites for hydroxylation is 1. The number of aliphatic hydroxyl groups excluding tert-OH is 1. The lowest BCUT2D eigenvalue weighted by molar-refractivity contribution is -0.124. The summed E-state index contributed by atoms with van der Waals surface area (Å²) in [7, 11) is 3.12. The molecule has 9 nitrogen and oxygen atoms in total. The molecule has 0 saturated heterocycles. The summed E-state index contributed by atoms with van der Waals surface area (Å²) in [6, 6.07) is 27.0. The van der Waals surface area contributed by atoms with Gasteiger partial charge in [-0.25, -0.2) is 9.78 Å². The van der Waals surface area contributed by atoms with Crippen molar-refractivity contribution in [2.24, 2.45) is 20.0 Å². The molecular formula is C36H39N5O4. The number of hydrogen-bond acceptors (Lipinski definition) is 5. The zero-order valence-electron chi connectivity index (χ0n) is 25.7. The van der Waals surface area contributed by atoms with Crippen LogP contribution in [0, 0.1) is 5.92 Å². The topological polar surface area (TPSA) is 111 Å². The fourth-order valence-corrected chi connectivity index (χ4v) is 6.70. The Kier molecular flexibility index (Phi) is 8.80. The second-order valence-electron chi connectivity index (χ2n) is 12.1. The van der Waals surface area contributed by atoms with E-state index in [0.29, 0.717) is 30.0 Å². The van der Waals surface area contributed by atoms with Crippen molar-refractivity contribution < 1.29 is 9.90 Å². The molecule has 1 aliphatic carbocycles. The number of carbonyl (C=O) groups excluding carboxylic acids is 1. The lowest BCUT2D eigenvalue weighted by atomic mass is 9.83. The van der Waals surface area contributed by atoms with E-state index in [1.54, 1.807) is 7.05 Å². The van der Waals surface area contributed by atoms with Gasteiger partial charge in [-0.15, -0.1) is 0 Å². The standard InChI is InChI=1S/C36H39N5O4/c1-39-33-32(35(44)40(2)36(39)45)41(30(38-33)21-24-11-5-3-6-12-24)22-25-17-19-28(20-18-25)31(27-15-9-10-16-27)34(43)37-29(23-42)26-13-7-4-8-14-26/h3-8,11-14,17-20,27,29,31,42H,9-10,15-16,21-23H2,1-2H3,(H,37,43)/t29-,31?/m0/s1. The average Bonchev–Trinajstić information content (AvgIpc) is 3.72. The molecule has 2 aromatic heterocycles. The maximum Gasteiger partial charge on any atom is 0.332 e. The highest BCUT2D eigenvalue weighted by Crippen LogP contribution is 2.38. The van der Waals surface area contributed by atoms with E-state index in [-0.39, 0.29) is 29.9 Å². The molecule has 9 heteroatoms. The molecule has 5 aromatic rings. The highest BCUT2D eigenvalue weighted by atomic mass is 16.3. The Morgan fingerprint density at radius 3 is 2.16 bits per heavy atom. The Bertz CT molecular complexity index is 1900. The van der Waals surface area contributed by atoms with Crippen LogP contribution in [0.3, 0.4) is 0 Å². The molecule has 0 aliphatic heterocycles. The Morgan fingerprint density at radius 1 is 0.867 bits per heavy atom. The van der Waals surface area contributed by atoms with Crippen molar-refractivity contribution in [1.82, 2.24) is 24.0 Å². The number of imidazole rings is 1. The maximum atomic E-state index is 13.8. The van der Waals surface area contributed by atoms with Crippen molar-refractivity contribution >= 4 is 17.1 Å². The van der Waals surface area contributed by atoms with E-state index in [1.165, 1.54) is 11.6 Å². The third-order valence-electron chi connectivity index (χ3n) is 9.17. The van der Waals surface area contributed by atoms with Gasteiger partial charge in [0.25, 0.3) is 5.56 Å². The van der Waals surface area contributed by atoms with Crippen molar-refractivity contribution in [2.45, 2.75) is 50.6 Å². The molecule has 2 N–H and O–H groups in total. The van der Waals surface area contributed by atoms with Crippen molar-refractivity contribution in [3.05, 3.63) is 134 Å². The van der Waals surface area contributed by atoms with Crippen LogP contribution >= 0.6 is 0 Å². The molecule has 1 unspecified atom stereocenters. The maximum absolute atomic E-state index is 13.8. The van der Waals surface area contributed by atoms with Gasteiger partial charge < -0.3 is 15.0 Å². The molecule has 1 aliphatic rings. The van der Waals surface area contributed by atoms with Crippen LogP contribution in [0.15, 0.2) is 94.5 Å². The van der Waals surface area contributed by atoms with Gasteiger partial charge in [0.15, 0.2) is 11.2 Å². The van der Waals surface area contributed by atoms with E-state index in [2.05, 4.69) is 5.32 Å². The van der Waals surface area contributed by atoms with Crippen molar-refractivity contribution in [1.29, 1.82) is 0 Å². The van der Waals surface area contributed by atoms with Crippen LogP contribution < -0.4 is 16.6 Å². The number of hydrogen-bond donors (Lipinski definition) is 2. The minimum atomic E-state index is -0.474. The average molecular weight is 606 g/mol. The minimum Gasteiger partial charge on any atom is -0.394 e. The molecule has 6 rings (SSSR count). The molecular weight excluding hydrogens is 566 g/mol. The minimum absolute atomic E-state index is 0.0762. The number of benzene rings is 3. The van der Waals surface area contributed by atoms with Crippen molar-refractivity contribution in [3.63, 3.8) is 0 Å². The van der Waals surface area contributed by atoms with Gasteiger partial charge in [0.2, 0.25) is 5.91 Å². The smallest absolute Gasteiger partial charge is 0.332 e. The molecule has 1 amide bonds. The Labute approximate surface area is 261 Å². The first kappa shape index (κ1) is 30.3. The van der Waals surface area contributed by atoms with Gasteiger partial charge in [-0.3, -0.25) is 18.7 Å². The van der Waals surface area contributed by atoms with Crippen LogP contribution in [0.4, 0.5) is 0 Å². The first-order valence-corrected chi connectivity index (χ1v) is 15.6. The van der Waals surface area contributed by atoms with Crippen LogP contribution in [0.5, 0.6) is 0 Å². The third-order valence-corrected chi connectivity index (χ3v) is 9.17. The first-order valence-electron chi connectivity index (χ1n) is 15.6. The quantitative estimate of drug-likeness (QED) is 0.248. The molecule has 2 atom stereocenters. The summed E-state index contributed by atoms with van der Waals surface area (Å²) in [6.07, 6.45) is 4.68. The molecule has 0 radical (unpaired) electrons. The number of fused-ring (bicyclic) bond motifs is 1. The van der Waals surface area contributed by atoms with Gasteiger partial charge >= 0.3 is 5.69 Å². The van der Waals surface area contributed by atoms with Crippen LogP contribution in [0.1, 0.15) is 65.7 Å². The summed E-state index contributed by atoms with van der Waals surface area (Å²) in [5.41, 5.74) is 3.75. The zero-order chi connectivity index (χ0) is 31.5. The third kappa shape index (κ3) is 6.13. The molecule has 2 heterocycles. The molecule has 45 heavy (non-hydrogen) atoms. The first-order chi connectivity index (χ1) is 21.9. The summed E-state index contributed by atoms with van der Waals surface area (Å²) in [5, 5.41) is 13.2. The largest absolute Gasteiger partial charge is 0.394 e. The highest BCUT2D eigenvalue weighted by molar-refractivity contribution is 5.84. The number of aliphatic hydroxyl groups is 1. The molecule has 232 valence electrons. The SMILES string of the molecule is Cn1c(=O)c2c(nc(Cc3ccccc3)n2Cc2ccc(C(C(=O)N[C@@H](CO)c3ccccc3)C3CCCC3)cc2)n(C)c1=O. The van der Waals surface area contributed by atoms with E-state index in [0.717, 1.165) is 52.5 Å². The Balaban J connectivity index is 1.33. The summed E-state index contributed by atoms with van der Waals surface area (Å²) >= 11 is 0. The van der Waals surface area contributed by atoms with E-state index in [4.69, 9.17) is 4.98 Å². The molecule has 1 saturated carbocycles. The predicted octanol–water partition coefficient (Wildman–Crippen LogP) is 4.20. The van der Waals surface area contributed by atoms with Crippen molar-refractivity contribution in [2.75, 3.05) is 6.61 Å². The van der Waals surface area contributed by atoms with Gasteiger partial charge in [-0.2, -0.15) is 0 Å². The van der Waals surface area contributed by atoms with Crippen molar-refractivity contribution in [3.8, 4) is 0 Å². The summed E-state index contributed by atoms with van der Waals surface area (Å²) in [6.45, 7) is 0.203. The number of amides is 1. The molecule has 0 spiro atoms. The van der Waals surface area contributed by atoms with E-state index >= 15 is 0 Å². The Morgan fingerprint density at radius 2 is 1.51 bits per heavy atom. The summed E-state index contributed by atoms with van der Waals surface area (Å²) in [4.78, 5) is 44.7. The molecule has 1 fully saturated rings. The highest BCUT2D eigenvalue weighted by Gasteiger charge is 2.33. The van der Waals surface area contributed by atoms with Gasteiger partial charge in [0, 0.05) is 27.1 Å². The lowest BCUT2D eigenvalue weighted by Gasteiger charge is -2.26. The number of aromatic nitrogens is 4. The van der Waals surface area contributed by atoms with Gasteiger partial charge in [-0.05, 0) is 41.0 Å². The summed E-state index contributed by atoms with van der Waals surface area (Å²) in [5.74, 6) is 0.514. The van der Waals surface area contributed by atoms with Gasteiger partial charge in [-0.1, -0.05) is 97.8 Å². The zero-order valence-corrected chi connectivity index (χ0v) is 25.7. The monoisotopic (exact) mass is 605 g/mol. The number of carbonyl (C=O) groups is 1. The van der Waals surface area contributed by atoms with E-state index in [1.807, 2.05) is 89.5 Å². The number of nitrogens with one attached hydrogen (secondary N) is 1. The normalized spacial score (nSPS) is 14.9. The van der Waals surface area contributed by atoms with Crippen LogP contribution in [0.2, 0.25) is 0 Å². The second kappa shape index (κ2) is 13.1. The lowest BCUT2D eigenvalue weighted by Crippen LogP contribution is -2.37. The fourth-order valence-electron chi connectivity index (χ4n) is 6.70. The number of rotatable bonds is 10. The fraction of sp³-hybridized carbons (Fsp3) is 0.333. The molecule has 3 aromatic carbocycles. The number of nitrogens with zero attached hydrogens (tertiary/aromatic N) is 4. The van der Waals surface area contributed by atoms with E-state index < -0.39 is 11.7 Å². The van der Waals surface area contributed by atoms with Crippen LogP contribution in [0.25, 0.3) is 11.2 Å². The van der Waals surface area contributed by atoms with Gasteiger partial charge in [0.1, 0.15) is 5.82 Å². The summed E-state index contributed by atoms with van der Waals surface area (Å²) < 4.78 is 4.45. The Hall–Kier alpha value is -4.76. The van der Waals surface area contributed by atoms with Gasteiger partial charge in [0.05, 0.1) is 18.6 Å².